The zero-order chi connectivity index (χ0) is 14.5. The average molecular weight is 315 g/mol. The number of hydrogen-bond acceptors (Lipinski definition) is 5. The highest BCUT2D eigenvalue weighted by Gasteiger charge is 2.27. The number of nitrogens with zero attached hydrogens (tertiary/aromatic N) is 1. The molecule has 1 N–H and O–H groups in total. The summed E-state index contributed by atoms with van der Waals surface area (Å²) < 4.78 is 40.5. The van der Waals surface area contributed by atoms with Gasteiger partial charge in [0.05, 0.1) is 18.7 Å². The first-order valence-electron chi connectivity index (χ1n) is 5.23. The molecule has 0 atom stereocenters. The second-order valence-electron chi connectivity index (χ2n) is 3.58. The van der Waals surface area contributed by atoms with Crippen molar-refractivity contribution in [1.29, 1.82) is 0 Å². The molecule has 0 aliphatic heterocycles. The molecule has 0 saturated carbocycles. The van der Waals surface area contributed by atoms with Crippen LogP contribution in [0.4, 0.5) is 13.2 Å². The first kappa shape index (κ1) is 16.3. The van der Waals surface area contributed by atoms with E-state index in [9.17, 15) is 18.0 Å². The summed E-state index contributed by atoms with van der Waals surface area (Å²) in [6, 6.07) is 0. The lowest BCUT2D eigenvalue weighted by Crippen LogP contribution is -2.17. The first-order valence-corrected chi connectivity index (χ1v) is 7.03. The van der Waals surface area contributed by atoms with E-state index < -0.39 is 18.8 Å². The monoisotopic (exact) mass is 315 g/mol. The number of ether oxygens (including phenoxy) is 1. The van der Waals surface area contributed by atoms with Crippen molar-refractivity contribution in [3.05, 3.63) is 10.6 Å². The van der Waals surface area contributed by atoms with Crippen LogP contribution in [-0.2, 0) is 16.0 Å². The van der Waals surface area contributed by atoms with Crippen molar-refractivity contribution in [1.82, 2.24) is 4.98 Å². The average Bonchev–Trinajstić information content (AvgIpc) is 2.56. The molecular weight excluding hydrogens is 303 g/mol. The third-order valence-corrected chi connectivity index (χ3v) is 4.17. The molecule has 0 aliphatic carbocycles. The second-order valence-corrected chi connectivity index (χ2v) is 6.00. The van der Waals surface area contributed by atoms with Crippen LogP contribution in [0.2, 0.25) is 0 Å². The maximum atomic E-state index is 11.8. The van der Waals surface area contributed by atoms with Gasteiger partial charge in [0, 0.05) is 10.6 Å². The Bertz CT molecular complexity index is 434. The highest BCUT2D eigenvalue weighted by atomic mass is 32.2. The van der Waals surface area contributed by atoms with E-state index in [0.29, 0.717) is 20.7 Å². The Morgan fingerprint density at radius 1 is 1.53 bits per heavy atom. The van der Waals surface area contributed by atoms with Crippen molar-refractivity contribution in [2.24, 2.45) is 0 Å². The number of aliphatic carboxylic acids is 1. The number of aryl methyl sites for hydroxylation is 1. The molecule has 0 bridgehead atoms. The molecule has 4 nitrogen and oxygen atoms in total. The lowest BCUT2D eigenvalue weighted by atomic mass is 10.3. The number of aromatic nitrogens is 1. The van der Waals surface area contributed by atoms with Crippen molar-refractivity contribution in [3.63, 3.8) is 0 Å². The zero-order valence-electron chi connectivity index (χ0n) is 9.99. The highest BCUT2D eigenvalue weighted by molar-refractivity contribution is 8.01. The number of hydrogen-bond donors (Lipinski definition) is 1. The molecule has 1 rings (SSSR count). The molecule has 9 heteroatoms. The van der Waals surface area contributed by atoms with E-state index >= 15 is 0 Å². The van der Waals surface area contributed by atoms with E-state index in [2.05, 4.69) is 9.72 Å². The van der Waals surface area contributed by atoms with Gasteiger partial charge in [0.15, 0.2) is 0 Å². The van der Waals surface area contributed by atoms with Crippen LogP contribution in [0, 0.1) is 6.92 Å². The lowest BCUT2D eigenvalue weighted by molar-refractivity contribution is -0.172. The topological polar surface area (TPSA) is 59.4 Å². The number of thioether (sulfide) groups is 1. The summed E-state index contributed by atoms with van der Waals surface area (Å²) in [5.41, 5.74) is 0.645. The maximum absolute atomic E-state index is 11.8. The number of alkyl halides is 3. The Morgan fingerprint density at radius 2 is 2.21 bits per heavy atom. The van der Waals surface area contributed by atoms with Crippen LogP contribution in [0.1, 0.15) is 10.6 Å². The minimum absolute atomic E-state index is 0.0307. The number of carbonyl (C=O) groups is 1. The van der Waals surface area contributed by atoms with Crippen LogP contribution >= 0.6 is 23.1 Å². The number of rotatable bonds is 7. The summed E-state index contributed by atoms with van der Waals surface area (Å²) in [6.45, 7) is 0.421. The van der Waals surface area contributed by atoms with E-state index in [1.165, 1.54) is 23.1 Å². The minimum atomic E-state index is -4.31. The van der Waals surface area contributed by atoms with Crippen LogP contribution < -0.4 is 0 Å². The van der Waals surface area contributed by atoms with Crippen LogP contribution in [0.25, 0.3) is 0 Å². The minimum Gasteiger partial charge on any atom is -0.481 e. The molecule has 0 amide bonds. The molecule has 0 spiro atoms. The number of carboxylic acid groups (broad SMARTS) is 1. The van der Waals surface area contributed by atoms with Gasteiger partial charge < -0.3 is 9.84 Å². The quantitative estimate of drug-likeness (QED) is 0.619. The van der Waals surface area contributed by atoms with Crippen LogP contribution in [0.5, 0.6) is 0 Å². The molecule has 19 heavy (non-hydrogen) atoms. The maximum Gasteiger partial charge on any atom is 0.411 e. The largest absolute Gasteiger partial charge is 0.481 e. The summed E-state index contributed by atoms with van der Waals surface area (Å²) in [6.07, 6.45) is -4.40. The van der Waals surface area contributed by atoms with Crippen molar-refractivity contribution in [2.75, 3.05) is 19.0 Å². The van der Waals surface area contributed by atoms with Crippen molar-refractivity contribution in [3.8, 4) is 0 Å². The molecule has 0 saturated heterocycles. The van der Waals surface area contributed by atoms with E-state index in [1.807, 2.05) is 0 Å². The lowest BCUT2D eigenvalue weighted by Gasteiger charge is -2.06. The van der Waals surface area contributed by atoms with E-state index in [1.54, 1.807) is 6.92 Å². The second kappa shape index (κ2) is 7.11. The number of halogens is 3. The predicted octanol–water partition coefficient (Wildman–Crippen LogP) is 2.75. The summed E-state index contributed by atoms with van der Waals surface area (Å²) in [4.78, 5) is 15.4. The van der Waals surface area contributed by atoms with Crippen molar-refractivity contribution in [2.45, 2.75) is 23.9 Å². The van der Waals surface area contributed by atoms with Gasteiger partial charge in [0.2, 0.25) is 0 Å². The van der Waals surface area contributed by atoms with Crippen molar-refractivity contribution < 1.29 is 27.8 Å². The third kappa shape index (κ3) is 6.79. The van der Waals surface area contributed by atoms with Crippen molar-refractivity contribution >= 4 is 29.1 Å². The number of carboxylic acids is 1. The highest BCUT2D eigenvalue weighted by Crippen LogP contribution is 2.27. The smallest absolute Gasteiger partial charge is 0.411 e. The van der Waals surface area contributed by atoms with Gasteiger partial charge in [-0.1, -0.05) is 11.8 Å². The van der Waals surface area contributed by atoms with Gasteiger partial charge >= 0.3 is 12.1 Å². The Labute approximate surface area is 116 Å². The first-order chi connectivity index (χ1) is 8.78. The Morgan fingerprint density at radius 3 is 2.79 bits per heavy atom. The molecule has 1 heterocycles. The molecular formula is C10H12F3NO3S2. The number of thiazole rings is 1. The summed E-state index contributed by atoms with van der Waals surface area (Å²) in [5, 5.41) is 8.67. The molecule has 0 unspecified atom stereocenters. The molecule has 1 aromatic rings. The fourth-order valence-electron chi connectivity index (χ4n) is 1.14. The molecule has 0 radical (unpaired) electrons. The van der Waals surface area contributed by atoms with Gasteiger partial charge in [0.25, 0.3) is 0 Å². The third-order valence-electron chi connectivity index (χ3n) is 1.90. The summed E-state index contributed by atoms with van der Waals surface area (Å²) in [7, 11) is 0. The fraction of sp³-hybridized carbons (Fsp3) is 0.600. The molecule has 0 aliphatic rings. The molecule has 108 valence electrons. The molecule has 0 fully saturated rings. The Hall–Kier alpha value is -0.800. The zero-order valence-corrected chi connectivity index (χ0v) is 11.6. The van der Waals surface area contributed by atoms with Crippen LogP contribution in [-0.4, -0.2) is 41.2 Å². The van der Waals surface area contributed by atoms with Gasteiger partial charge in [-0.2, -0.15) is 13.2 Å². The fourth-order valence-corrected chi connectivity index (χ4v) is 3.29. The van der Waals surface area contributed by atoms with Gasteiger partial charge in [-0.3, -0.25) is 4.79 Å². The van der Waals surface area contributed by atoms with Gasteiger partial charge in [-0.05, 0) is 6.92 Å². The predicted molar refractivity (Wildman–Crippen MR) is 65.8 cm³/mol. The van der Waals surface area contributed by atoms with E-state index in [-0.39, 0.29) is 13.0 Å². The Kier molecular flexibility index (Phi) is 6.08. The Balaban J connectivity index is 2.32. The van der Waals surface area contributed by atoms with Crippen LogP contribution in [0.3, 0.4) is 0 Å². The van der Waals surface area contributed by atoms with Gasteiger partial charge in [-0.25, -0.2) is 4.98 Å². The van der Waals surface area contributed by atoms with E-state index in [0.717, 1.165) is 0 Å². The standard InChI is InChI=1S/C10H12F3NO3S2/c1-6-7(4-8(15)16)19-9(14-6)18-3-2-17-5-10(11,12)13/h2-5H2,1H3,(H,15,16). The van der Waals surface area contributed by atoms with E-state index in [4.69, 9.17) is 5.11 Å². The normalized spacial score (nSPS) is 11.8. The van der Waals surface area contributed by atoms with Gasteiger partial charge in [0.1, 0.15) is 10.9 Å². The SMILES string of the molecule is Cc1nc(SCCOCC(F)(F)F)sc1CC(=O)O. The molecule has 1 aromatic heterocycles. The van der Waals surface area contributed by atoms with Gasteiger partial charge in [-0.15, -0.1) is 11.3 Å². The summed E-state index contributed by atoms with van der Waals surface area (Å²) in [5.74, 6) is -0.591. The summed E-state index contributed by atoms with van der Waals surface area (Å²) >= 11 is 2.50. The van der Waals surface area contributed by atoms with Crippen LogP contribution in [0.15, 0.2) is 4.34 Å². The molecule has 0 aromatic carbocycles.